The van der Waals surface area contributed by atoms with Crippen molar-refractivity contribution in [2.45, 2.75) is 97.8 Å². The van der Waals surface area contributed by atoms with Crippen LogP contribution in [0.3, 0.4) is 0 Å². The molecule has 1 unspecified atom stereocenters. The number of aliphatic carboxylic acids is 1. The Bertz CT molecular complexity index is 711. The van der Waals surface area contributed by atoms with Gasteiger partial charge in [0.2, 0.25) is 0 Å². The third-order valence-electron chi connectivity index (χ3n) is 10.7. The van der Waals surface area contributed by atoms with Crippen molar-refractivity contribution < 1.29 is 14.7 Å². The fourth-order valence-electron chi connectivity index (χ4n) is 8.97. The lowest BCUT2D eigenvalue weighted by molar-refractivity contribution is -0.140. The topological polar surface area (TPSA) is 54.4 Å². The van der Waals surface area contributed by atoms with Gasteiger partial charge in [-0.1, -0.05) is 33.8 Å². The molecule has 4 fully saturated rings. The Kier molecular flexibility index (Phi) is 5.96. The highest BCUT2D eigenvalue weighted by atomic mass is 16.4. The molecular formula is C27H42O3. The Balaban J connectivity index is 1.43. The third kappa shape index (κ3) is 3.58. The van der Waals surface area contributed by atoms with E-state index < -0.39 is 5.97 Å². The Morgan fingerprint density at radius 1 is 1.10 bits per heavy atom. The van der Waals surface area contributed by atoms with E-state index in [0.29, 0.717) is 40.4 Å². The van der Waals surface area contributed by atoms with Gasteiger partial charge in [0.1, 0.15) is 5.78 Å². The summed E-state index contributed by atoms with van der Waals surface area (Å²) < 4.78 is 0. The van der Waals surface area contributed by atoms with Crippen molar-refractivity contribution in [2.24, 2.45) is 46.3 Å². The first-order valence-corrected chi connectivity index (χ1v) is 12.6. The number of hydrogen-bond acceptors (Lipinski definition) is 2. The number of carbonyl (C=O) groups excluding carboxylic acids is 1. The average molecular weight is 415 g/mol. The summed E-state index contributed by atoms with van der Waals surface area (Å²) in [6.07, 6.45) is 13.6. The molecule has 0 radical (unpaired) electrons. The summed E-state index contributed by atoms with van der Waals surface area (Å²) in [4.78, 5) is 23.1. The fraction of sp³-hybridized carbons (Fsp3) is 0.852. The zero-order valence-corrected chi connectivity index (χ0v) is 19.4. The molecule has 0 aliphatic heterocycles. The SMILES string of the molecule is C=C(CCC[C@@H](C)[C@H]1CC[C@H]2[C@@H]3CCC4CC(=O)CC[C@]4(C)[C@H]3CC[C@]12C)C(=O)O. The van der Waals surface area contributed by atoms with Crippen molar-refractivity contribution in [3.8, 4) is 0 Å². The lowest BCUT2D eigenvalue weighted by Gasteiger charge is -2.60. The molecule has 0 bridgehead atoms. The molecule has 168 valence electrons. The zero-order chi connectivity index (χ0) is 21.7. The predicted molar refractivity (Wildman–Crippen MR) is 120 cm³/mol. The number of carboxylic acid groups (broad SMARTS) is 1. The van der Waals surface area contributed by atoms with Gasteiger partial charge in [0.25, 0.3) is 0 Å². The summed E-state index contributed by atoms with van der Waals surface area (Å²) in [6, 6.07) is 0. The van der Waals surface area contributed by atoms with Crippen molar-refractivity contribution in [1.82, 2.24) is 0 Å². The summed E-state index contributed by atoms with van der Waals surface area (Å²) in [5, 5.41) is 9.06. The first-order chi connectivity index (χ1) is 14.2. The number of rotatable bonds is 6. The summed E-state index contributed by atoms with van der Waals surface area (Å²) in [7, 11) is 0. The number of carboxylic acids is 1. The van der Waals surface area contributed by atoms with Crippen LogP contribution in [0.2, 0.25) is 0 Å². The van der Waals surface area contributed by atoms with Crippen LogP contribution in [0, 0.1) is 46.3 Å². The largest absolute Gasteiger partial charge is 0.478 e. The van der Waals surface area contributed by atoms with Crippen LogP contribution in [0.25, 0.3) is 0 Å². The van der Waals surface area contributed by atoms with Crippen LogP contribution in [-0.4, -0.2) is 16.9 Å². The molecule has 0 aromatic heterocycles. The average Bonchev–Trinajstić information content (AvgIpc) is 3.05. The second kappa shape index (κ2) is 8.10. The molecule has 0 aromatic carbocycles. The Morgan fingerprint density at radius 3 is 2.57 bits per heavy atom. The monoisotopic (exact) mass is 414 g/mol. The molecule has 0 saturated heterocycles. The van der Waals surface area contributed by atoms with Gasteiger partial charge in [-0.05, 0) is 104 Å². The molecule has 4 aliphatic carbocycles. The van der Waals surface area contributed by atoms with Crippen molar-refractivity contribution in [3.63, 3.8) is 0 Å². The second-order valence-corrected chi connectivity index (χ2v) is 11.9. The quantitative estimate of drug-likeness (QED) is 0.494. The lowest BCUT2D eigenvalue weighted by Crippen LogP contribution is -2.53. The van der Waals surface area contributed by atoms with Crippen LogP contribution in [0.5, 0.6) is 0 Å². The van der Waals surface area contributed by atoms with Gasteiger partial charge >= 0.3 is 5.97 Å². The van der Waals surface area contributed by atoms with Gasteiger partial charge in [0.05, 0.1) is 0 Å². The van der Waals surface area contributed by atoms with Gasteiger partial charge in [-0.15, -0.1) is 0 Å². The van der Waals surface area contributed by atoms with Crippen LogP contribution in [0.4, 0.5) is 0 Å². The first kappa shape index (κ1) is 22.1. The van der Waals surface area contributed by atoms with Crippen molar-refractivity contribution in [1.29, 1.82) is 0 Å². The minimum Gasteiger partial charge on any atom is -0.478 e. The molecule has 4 saturated carbocycles. The maximum Gasteiger partial charge on any atom is 0.330 e. The normalized spacial score (nSPS) is 44.0. The van der Waals surface area contributed by atoms with E-state index >= 15 is 0 Å². The third-order valence-corrected chi connectivity index (χ3v) is 10.7. The number of Topliss-reactive ketones (excluding diaryl/α,β-unsaturated/α-hetero) is 1. The smallest absolute Gasteiger partial charge is 0.330 e. The molecule has 3 nitrogen and oxygen atoms in total. The van der Waals surface area contributed by atoms with Crippen molar-refractivity contribution in [2.75, 3.05) is 0 Å². The molecule has 8 atom stereocenters. The van der Waals surface area contributed by atoms with Gasteiger partial charge < -0.3 is 5.11 Å². The molecule has 1 N–H and O–H groups in total. The number of hydrogen-bond donors (Lipinski definition) is 1. The summed E-state index contributed by atoms with van der Waals surface area (Å²) in [5.74, 6) is 4.30. The maximum atomic E-state index is 12.1. The van der Waals surface area contributed by atoms with Crippen LogP contribution >= 0.6 is 0 Å². The highest BCUT2D eigenvalue weighted by Gasteiger charge is 2.60. The second-order valence-electron chi connectivity index (χ2n) is 11.9. The minimum atomic E-state index is -0.845. The number of ketones is 1. The maximum absolute atomic E-state index is 12.1. The summed E-state index contributed by atoms with van der Waals surface area (Å²) in [6.45, 7) is 11.2. The zero-order valence-electron chi connectivity index (χ0n) is 19.4. The van der Waals surface area contributed by atoms with Crippen molar-refractivity contribution in [3.05, 3.63) is 12.2 Å². The van der Waals surface area contributed by atoms with E-state index in [1.54, 1.807) is 0 Å². The van der Waals surface area contributed by atoms with E-state index in [4.69, 9.17) is 5.11 Å². The van der Waals surface area contributed by atoms with E-state index in [9.17, 15) is 9.59 Å². The van der Waals surface area contributed by atoms with Gasteiger partial charge in [-0.2, -0.15) is 0 Å². The molecule has 4 aliphatic rings. The highest BCUT2D eigenvalue weighted by molar-refractivity contribution is 5.85. The van der Waals surface area contributed by atoms with Crippen LogP contribution < -0.4 is 0 Å². The van der Waals surface area contributed by atoms with E-state index in [2.05, 4.69) is 27.4 Å². The first-order valence-electron chi connectivity index (χ1n) is 12.6. The molecule has 0 heterocycles. The van der Waals surface area contributed by atoms with E-state index in [1.165, 1.54) is 38.5 Å². The summed E-state index contributed by atoms with van der Waals surface area (Å²) in [5.41, 5.74) is 1.21. The molecule has 3 heteroatoms. The molecule has 30 heavy (non-hydrogen) atoms. The van der Waals surface area contributed by atoms with E-state index in [1.807, 2.05) is 0 Å². The minimum absolute atomic E-state index is 0.356. The summed E-state index contributed by atoms with van der Waals surface area (Å²) >= 11 is 0. The molecule has 0 aromatic rings. The highest BCUT2D eigenvalue weighted by Crippen LogP contribution is 2.68. The van der Waals surface area contributed by atoms with Gasteiger partial charge in [0.15, 0.2) is 0 Å². The molecule has 4 rings (SSSR count). The standard InChI is InChI=1S/C27H42O3/c1-17(6-5-7-18(2)25(29)30)22-10-11-23-21-9-8-19-16-20(28)12-14-26(19,3)24(21)13-15-27(22,23)4/h17,19,21-24H,2,5-16H2,1,3-4H3,(H,29,30)/t17-,19?,21+,22-,23+,24+,26+,27-/m1/s1. The molecular weight excluding hydrogens is 372 g/mol. The van der Waals surface area contributed by atoms with E-state index in [0.717, 1.165) is 55.8 Å². The lowest BCUT2D eigenvalue weighted by atomic mass is 9.44. The van der Waals surface area contributed by atoms with Gasteiger partial charge in [0, 0.05) is 18.4 Å². The predicted octanol–water partition coefficient (Wildman–Crippen LogP) is 6.66. The Hall–Kier alpha value is -1.12. The fourth-order valence-corrected chi connectivity index (χ4v) is 8.97. The van der Waals surface area contributed by atoms with Crippen molar-refractivity contribution >= 4 is 11.8 Å². The number of carbonyl (C=O) groups is 2. The van der Waals surface area contributed by atoms with Gasteiger partial charge in [-0.3, -0.25) is 4.79 Å². The van der Waals surface area contributed by atoms with Gasteiger partial charge in [-0.25, -0.2) is 4.79 Å². The Labute approximate surface area is 183 Å². The van der Waals surface area contributed by atoms with Crippen LogP contribution in [-0.2, 0) is 9.59 Å². The number of fused-ring (bicyclic) bond motifs is 5. The molecule has 0 spiro atoms. The van der Waals surface area contributed by atoms with Crippen LogP contribution in [0.1, 0.15) is 97.8 Å². The Morgan fingerprint density at radius 2 is 1.83 bits per heavy atom. The van der Waals surface area contributed by atoms with Crippen LogP contribution in [0.15, 0.2) is 12.2 Å². The van der Waals surface area contributed by atoms with E-state index in [-0.39, 0.29) is 0 Å². The molecule has 0 amide bonds.